The minimum Gasteiger partial charge on any atom is -0.489 e. The molecule has 0 bridgehead atoms. The van der Waals surface area contributed by atoms with Crippen molar-refractivity contribution in [3.8, 4) is 5.75 Å². The lowest BCUT2D eigenvalue weighted by Crippen LogP contribution is -2.35. The van der Waals surface area contributed by atoms with Gasteiger partial charge in [-0.1, -0.05) is 12.1 Å². The third-order valence-corrected chi connectivity index (χ3v) is 5.17. The summed E-state index contributed by atoms with van der Waals surface area (Å²) in [5.74, 6) is -0.609. The highest BCUT2D eigenvalue weighted by Gasteiger charge is 2.36. The summed E-state index contributed by atoms with van der Waals surface area (Å²) in [5, 5.41) is 10.2. The fraction of sp³-hybridized carbons (Fsp3) is 0.227. The number of carbonyl (C=O) groups excluding carboxylic acids is 3. The highest BCUT2D eigenvalue weighted by molar-refractivity contribution is 8.18. The number of nitro benzene ring substituents is 1. The van der Waals surface area contributed by atoms with E-state index in [-0.39, 0.29) is 23.3 Å². The van der Waals surface area contributed by atoms with Gasteiger partial charge in [0.15, 0.2) is 0 Å². The number of nitro groups is 1. The summed E-state index contributed by atoms with van der Waals surface area (Å²) in [6, 6.07) is 13.0. The van der Waals surface area contributed by atoms with Crippen molar-refractivity contribution in [3.63, 3.8) is 0 Å². The lowest BCUT2D eigenvalue weighted by Gasteiger charge is -2.13. The molecule has 0 N–H and O–H groups in total. The molecule has 2 aromatic carbocycles. The molecule has 1 aliphatic heterocycles. The number of hydrogen-bond donors (Lipinski definition) is 0. The molecule has 0 saturated carbocycles. The number of hydrogen-bond acceptors (Lipinski definition) is 8. The second-order valence-electron chi connectivity index (χ2n) is 7.09. The number of rotatable bonds is 8. The topological polar surface area (TPSA) is 116 Å². The second kappa shape index (κ2) is 10.1. The SMILES string of the molecule is CC(C)OC(=O)CN1C(=O)S/C(=C/c2ccc(OCc3ccc([N+](=O)[O-])cc3)cc2)C1=O. The Morgan fingerprint density at radius 1 is 1.12 bits per heavy atom. The maximum atomic E-state index is 12.5. The molecule has 1 aliphatic rings. The molecular formula is C22H20N2O7S. The van der Waals surface area contributed by atoms with Gasteiger partial charge in [0.25, 0.3) is 16.8 Å². The van der Waals surface area contributed by atoms with Crippen LogP contribution in [0.15, 0.2) is 53.4 Å². The second-order valence-corrected chi connectivity index (χ2v) is 8.08. The fourth-order valence-electron chi connectivity index (χ4n) is 2.76. The van der Waals surface area contributed by atoms with E-state index in [0.29, 0.717) is 11.3 Å². The number of thioether (sulfide) groups is 1. The predicted octanol–water partition coefficient (Wildman–Crippen LogP) is 4.16. The van der Waals surface area contributed by atoms with Crippen LogP contribution in [0.5, 0.6) is 5.75 Å². The van der Waals surface area contributed by atoms with E-state index in [4.69, 9.17) is 9.47 Å². The molecule has 2 amide bonds. The van der Waals surface area contributed by atoms with Crippen LogP contribution in [0, 0.1) is 10.1 Å². The van der Waals surface area contributed by atoms with E-state index < -0.39 is 28.6 Å². The van der Waals surface area contributed by atoms with Crippen LogP contribution in [-0.4, -0.2) is 39.6 Å². The van der Waals surface area contributed by atoms with Crippen LogP contribution in [0.25, 0.3) is 6.08 Å². The zero-order chi connectivity index (χ0) is 23.3. The lowest BCUT2D eigenvalue weighted by molar-refractivity contribution is -0.384. The van der Waals surface area contributed by atoms with E-state index in [1.165, 1.54) is 12.1 Å². The predicted molar refractivity (Wildman–Crippen MR) is 118 cm³/mol. The Labute approximate surface area is 188 Å². The molecular weight excluding hydrogens is 436 g/mol. The fourth-order valence-corrected chi connectivity index (χ4v) is 3.60. The number of carbonyl (C=O) groups is 3. The van der Waals surface area contributed by atoms with Gasteiger partial charge < -0.3 is 9.47 Å². The molecule has 1 heterocycles. The van der Waals surface area contributed by atoms with Crippen molar-refractivity contribution in [1.29, 1.82) is 0 Å². The van der Waals surface area contributed by atoms with Crippen molar-refractivity contribution in [2.75, 3.05) is 6.54 Å². The van der Waals surface area contributed by atoms with Crippen LogP contribution in [0.3, 0.4) is 0 Å². The molecule has 0 spiro atoms. The largest absolute Gasteiger partial charge is 0.489 e. The number of benzene rings is 2. The van der Waals surface area contributed by atoms with E-state index in [2.05, 4.69) is 0 Å². The van der Waals surface area contributed by atoms with Gasteiger partial charge >= 0.3 is 5.97 Å². The average Bonchev–Trinajstić information content (AvgIpc) is 3.00. The number of non-ortho nitro benzene ring substituents is 1. The summed E-state index contributed by atoms with van der Waals surface area (Å²) in [6.07, 6.45) is 1.23. The molecule has 0 atom stereocenters. The minimum absolute atomic E-state index is 0.0133. The number of amides is 2. The van der Waals surface area contributed by atoms with Crippen LogP contribution in [0.2, 0.25) is 0 Å². The van der Waals surface area contributed by atoms with Gasteiger partial charge in [0, 0.05) is 12.1 Å². The quantitative estimate of drug-likeness (QED) is 0.252. The van der Waals surface area contributed by atoms with Crippen LogP contribution in [-0.2, 0) is 20.9 Å². The van der Waals surface area contributed by atoms with Crippen molar-refractivity contribution >= 4 is 40.6 Å². The van der Waals surface area contributed by atoms with Gasteiger partial charge in [0.2, 0.25) is 0 Å². The molecule has 1 fully saturated rings. The summed E-state index contributed by atoms with van der Waals surface area (Å²) in [7, 11) is 0. The molecule has 3 rings (SSSR count). The molecule has 1 saturated heterocycles. The van der Waals surface area contributed by atoms with Gasteiger partial charge in [-0.2, -0.15) is 0 Å². The van der Waals surface area contributed by atoms with Gasteiger partial charge in [0.1, 0.15) is 18.9 Å². The summed E-state index contributed by atoms with van der Waals surface area (Å²) < 4.78 is 10.7. The molecule has 10 heteroatoms. The average molecular weight is 456 g/mol. The molecule has 32 heavy (non-hydrogen) atoms. The molecule has 0 aliphatic carbocycles. The van der Waals surface area contributed by atoms with Crippen LogP contribution in [0.4, 0.5) is 10.5 Å². The first-order valence-corrected chi connectivity index (χ1v) is 10.5. The first-order valence-electron chi connectivity index (χ1n) is 9.64. The maximum absolute atomic E-state index is 12.5. The van der Waals surface area contributed by atoms with Gasteiger partial charge in [0.05, 0.1) is 15.9 Å². The smallest absolute Gasteiger partial charge is 0.326 e. The highest BCUT2D eigenvalue weighted by Crippen LogP contribution is 2.32. The zero-order valence-corrected chi connectivity index (χ0v) is 18.2. The molecule has 0 aromatic heterocycles. The Morgan fingerprint density at radius 2 is 1.78 bits per heavy atom. The Bertz CT molecular complexity index is 1060. The monoisotopic (exact) mass is 456 g/mol. The molecule has 0 radical (unpaired) electrons. The first-order chi connectivity index (χ1) is 15.2. The molecule has 0 unspecified atom stereocenters. The number of imide groups is 1. The maximum Gasteiger partial charge on any atom is 0.326 e. The van der Waals surface area contributed by atoms with Gasteiger partial charge in [-0.25, -0.2) is 0 Å². The summed E-state index contributed by atoms with van der Waals surface area (Å²) in [5.41, 5.74) is 1.48. The van der Waals surface area contributed by atoms with Gasteiger partial charge in [-0.05, 0) is 67.1 Å². The van der Waals surface area contributed by atoms with Crippen molar-refractivity contribution in [3.05, 3.63) is 74.7 Å². The molecule has 2 aromatic rings. The van der Waals surface area contributed by atoms with Crippen molar-refractivity contribution in [1.82, 2.24) is 4.90 Å². The Hall–Kier alpha value is -3.66. The minimum atomic E-state index is -0.641. The van der Waals surface area contributed by atoms with E-state index >= 15 is 0 Å². The van der Waals surface area contributed by atoms with E-state index in [1.807, 2.05) is 0 Å². The summed E-state index contributed by atoms with van der Waals surface area (Å²) >= 11 is 0.764. The standard InChI is InChI=1S/C22H20N2O7S/c1-14(2)31-20(25)12-23-21(26)19(32-22(23)27)11-15-5-9-18(10-6-15)30-13-16-3-7-17(8-4-16)24(28)29/h3-11,14H,12-13H2,1-2H3/b19-11+. The van der Waals surface area contributed by atoms with Crippen LogP contribution in [0.1, 0.15) is 25.0 Å². The van der Waals surface area contributed by atoms with Crippen LogP contribution >= 0.6 is 11.8 Å². The third kappa shape index (κ3) is 5.94. The van der Waals surface area contributed by atoms with Gasteiger partial charge in [-0.15, -0.1) is 0 Å². The molecule has 9 nitrogen and oxygen atoms in total. The highest BCUT2D eigenvalue weighted by atomic mass is 32.2. The Kier molecular flexibility index (Phi) is 7.26. The molecule has 166 valence electrons. The summed E-state index contributed by atoms with van der Waals surface area (Å²) in [4.78, 5) is 47.7. The summed E-state index contributed by atoms with van der Waals surface area (Å²) in [6.45, 7) is 3.19. The van der Waals surface area contributed by atoms with Crippen molar-refractivity contribution in [2.24, 2.45) is 0 Å². The zero-order valence-electron chi connectivity index (χ0n) is 17.3. The first kappa shape index (κ1) is 23.0. The van der Waals surface area contributed by atoms with E-state index in [9.17, 15) is 24.5 Å². The van der Waals surface area contributed by atoms with Crippen LogP contribution < -0.4 is 4.74 Å². The number of ether oxygens (including phenoxy) is 2. The van der Waals surface area contributed by atoms with Crippen molar-refractivity contribution in [2.45, 2.75) is 26.6 Å². The third-order valence-electron chi connectivity index (χ3n) is 4.26. The lowest BCUT2D eigenvalue weighted by atomic mass is 10.2. The normalized spacial score (nSPS) is 14.8. The van der Waals surface area contributed by atoms with Gasteiger partial charge in [-0.3, -0.25) is 29.4 Å². The van der Waals surface area contributed by atoms with E-state index in [0.717, 1.165) is 22.2 Å². The van der Waals surface area contributed by atoms with Crippen molar-refractivity contribution < 1.29 is 28.8 Å². The number of nitrogens with zero attached hydrogens (tertiary/aromatic N) is 2. The van der Waals surface area contributed by atoms with E-state index in [1.54, 1.807) is 56.3 Å². The Balaban J connectivity index is 1.59. The Morgan fingerprint density at radius 3 is 2.38 bits per heavy atom. The number of esters is 1.